The summed E-state index contributed by atoms with van der Waals surface area (Å²) in [4.78, 5) is 0. The van der Waals surface area contributed by atoms with Crippen LogP contribution in [-0.2, 0) is 11.3 Å². The fraction of sp³-hybridized carbons (Fsp3) is 0.368. The van der Waals surface area contributed by atoms with E-state index in [-0.39, 0.29) is 6.04 Å². The molecule has 0 bridgehead atoms. The van der Waals surface area contributed by atoms with E-state index in [9.17, 15) is 0 Å². The Kier molecular flexibility index (Phi) is 5.40. The maximum Gasteiger partial charge on any atom is 0.0733 e. The quantitative estimate of drug-likeness (QED) is 0.793. The van der Waals surface area contributed by atoms with E-state index in [1.807, 2.05) is 6.07 Å². The van der Waals surface area contributed by atoms with Crippen molar-refractivity contribution in [3.8, 4) is 0 Å². The molecule has 0 aliphatic carbocycles. The Hall–Kier alpha value is -1.80. The van der Waals surface area contributed by atoms with Gasteiger partial charge in [0.2, 0.25) is 0 Å². The summed E-state index contributed by atoms with van der Waals surface area (Å²) >= 11 is 0. The monoisotopic (exact) mass is 283 g/mol. The fourth-order valence-corrected chi connectivity index (χ4v) is 2.43. The zero-order chi connectivity index (χ0) is 15.2. The molecule has 1 unspecified atom stereocenters. The molecule has 2 aromatic carbocycles. The maximum atomic E-state index is 5.26. The number of benzene rings is 2. The molecule has 0 fully saturated rings. The van der Waals surface area contributed by atoms with Crippen LogP contribution < -0.4 is 5.32 Å². The SMILES string of the molecule is COCc1ccccc1NC(C)c1ccc(C(C)C)cc1. The smallest absolute Gasteiger partial charge is 0.0733 e. The number of anilines is 1. The van der Waals surface area contributed by atoms with E-state index < -0.39 is 0 Å². The number of hydrogen-bond acceptors (Lipinski definition) is 2. The Labute approximate surface area is 128 Å². The fourth-order valence-electron chi connectivity index (χ4n) is 2.43. The van der Waals surface area contributed by atoms with E-state index in [0.717, 1.165) is 5.69 Å². The number of para-hydroxylation sites is 1. The highest BCUT2D eigenvalue weighted by Crippen LogP contribution is 2.24. The lowest BCUT2D eigenvalue weighted by Gasteiger charge is -2.19. The van der Waals surface area contributed by atoms with Crippen LogP contribution in [0.4, 0.5) is 5.69 Å². The predicted octanol–water partition coefficient (Wildman–Crippen LogP) is 5.13. The summed E-state index contributed by atoms with van der Waals surface area (Å²) in [5.41, 5.74) is 5.00. The molecule has 0 amide bonds. The number of nitrogens with one attached hydrogen (secondary N) is 1. The third kappa shape index (κ3) is 4.08. The van der Waals surface area contributed by atoms with Gasteiger partial charge in [0.1, 0.15) is 0 Å². The Balaban J connectivity index is 2.12. The molecule has 21 heavy (non-hydrogen) atoms. The molecule has 2 aromatic rings. The van der Waals surface area contributed by atoms with Crippen molar-refractivity contribution in [2.24, 2.45) is 0 Å². The average Bonchev–Trinajstić information content (AvgIpc) is 2.49. The third-order valence-corrected chi connectivity index (χ3v) is 3.79. The van der Waals surface area contributed by atoms with E-state index in [4.69, 9.17) is 4.74 Å². The summed E-state index contributed by atoms with van der Waals surface area (Å²) in [7, 11) is 1.73. The summed E-state index contributed by atoms with van der Waals surface area (Å²) in [5, 5.41) is 3.58. The van der Waals surface area contributed by atoms with Gasteiger partial charge in [0.05, 0.1) is 6.61 Å². The number of rotatable bonds is 6. The molecule has 0 radical (unpaired) electrons. The summed E-state index contributed by atoms with van der Waals surface area (Å²) < 4.78 is 5.26. The van der Waals surface area contributed by atoms with Crippen LogP contribution in [0.2, 0.25) is 0 Å². The van der Waals surface area contributed by atoms with Gasteiger partial charge in [-0.3, -0.25) is 0 Å². The van der Waals surface area contributed by atoms with E-state index >= 15 is 0 Å². The number of methoxy groups -OCH3 is 1. The van der Waals surface area contributed by atoms with E-state index in [1.165, 1.54) is 16.7 Å². The van der Waals surface area contributed by atoms with Crippen molar-refractivity contribution in [1.82, 2.24) is 0 Å². The minimum Gasteiger partial charge on any atom is -0.380 e. The average molecular weight is 283 g/mol. The van der Waals surface area contributed by atoms with Crippen molar-refractivity contribution >= 4 is 5.69 Å². The lowest BCUT2D eigenvalue weighted by Crippen LogP contribution is -2.09. The molecule has 0 saturated heterocycles. The Bertz CT molecular complexity index is 560. The van der Waals surface area contributed by atoms with Crippen LogP contribution in [-0.4, -0.2) is 7.11 Å². The summed E-state index contributed by atoms with van der Waals surface area (Å²) in [6.07, 6.45) is 0. The van der Waals surface area contributed by atoms with Gasteiger partial charge in [-0.1, -0.05) is 56.3 Å². The molecular weight excluding hydrogens is 258 g/mol. The van der Waals surface area contributed by atoms with Crippen molar-refractivity contribution in [2.75, 3.05) is 12.4 Å². The van der Waals surface area contributed by atoms with Gasteiger partial charge in [-0.05, 0) is 30.0 Å². The van der Waals surface area contributed by atoms with Crippen molar-refractivity contribution in [1.29, 1.82) is 0 Å². The molecule has 2 nitrogen and oxygen atoms in total. The minimum absolute atomic E-state index is 0.268. The lowest BCUT2D eigenvalue weighted by molar-refractivity contribution is 0.185. The van der Waals surface area contributed by atoms with E-state index in [2.05, 4.69) is 68.6 Å². The highest BCUT2D eigenvalue weighted by atomic mass is 16.5. The molecule has 0 aromatic heterocycles. The van der Waals surface area contributed by atoms with Gasteiger partial charge in [-0.15, -0.1) is 0 Å². The largest absolute Gasteiger partial charge is 0.380 e. The second-order valence-electron chi connectivity index (χ2n) is 5.78. The van der Waals surface area contributed by atoms with Crippen LogP contribution in [0.15, 0.2) is 48.5 Å². The van der Waals surface area contributed by atoms with E-state index in [0.29, 0.717) is 12.5 Å². The number of ether oxygens (including phenoxy) is 1. The predicted molar refractivity (Wildman–Crippen MR) is 89.7 cm³/mol. The van der Waals surface area contributed by atoms with Gasteiger partial charge in [0.25, 0.3) is 0 Å². The first kappa shape index (κ1) is 15.6. The second kappa shape index (κ2) is 7.28. The molecule has 112 valence electrons. The van der Waals surface area contributed by atoms with Gasteiger partial charge in [-0.2, -0.15) is 0 Å². The van der Waals surface area contributed by atoms with Crippen molar-refractivity contribution in [3.63, 3.8) is 0 Å². The minimum atomic E-state index is 0.268. The van der Waals surface area contributed by atoms with Gasteiger partial charge < -0.3 is 10.1 Å². The highest BCUT2D eigenvalue weighted by Gasteiger charge is 2.08. The van der Waals surface area contributed by atoms with Crippen molar-refractivity contribution < 1.29 is 4.74 Å². The molecule has 0 spiro atoms. The standard InChI is InChI=1S/C19H25NO/c1-14(2)16-9-11-17(12-10-16)15(3)20-19-8-6-5-7-18(19)13-21-4/h5-12,14-15,20H,13H2,1-4H3. The third-order valence-electron chi connectivity index (χ3n) is 3.79. The zero-order valence-electron chi connectivity index (χ0n) is 13.4. The van der Waals surface area contributed by atoms with Crippen molar-refractivity contribution in [3.05, 3.63) is 65.2 Å². The first-order chi connectivity index (χ1) is 10.1. The Morgan fingerprint density at radius 2 is 1.52 bits per heavy atom. The first-order valence-corrected chi connectivity index (χ1v) is 7.55. The topological polar surface area (TPSA) is 21.3 Å². The van der Waals surface area contributed by atoms with Crippen molar-refractivity contribution in [2.45, 2.75) is 39.3 Å². The summed E-state index contributed by atoms with van der Waals surface area (Å²) in [6, 6.07) is 17.4. The van der Waals surface area contributed by atoms with Gasteiger partial charge in [-0.25, -0.2) is 0 Å². The van der Waals surface area contributed by atoms with Crippen LogP contribution in [0.3, 0.4) is 0 Å². The summed E-state index contributed by atoms with van der Waals surface area (Å²) in [6.45, 7) is 7.26. The normalized spacial score (nSPS) is 12.4. The Morgan fingerprint density at radius 3 is 2.14 bits per heavy atom. The van der Waals surface area contributed by atoms with Crippen LogP contribution in [0, 0.1) is 0 Å². The zero-order valence-corrected chi connectivity index (χ0v) is 13.4. The summed E-state index contributed by atoms with van der Waals surface area (Å²) in [5.74, 6) is 0.574. The molecular formula is C19H25NO. The molecule has 2 heteroatoms. The first-order valence-electron chi connectivity index (χ1n) is 7.55. The van der Waals surface area contributed by atoms with Crippen LogP contribution >= 0.6 is 0 Å². The molecule has 0 saturated carbocycles. The van der Waals surface area contributed by atoms with Gasteiger partial charge >= 0.3 is 0 Å². The molecule has 2 rings (SSSR count). The molecule has 0 heterocycles. The molecule has 1 atom stereocenters. The second-order valence-corrected chi connectivity index (χ2v) is 5.78. The van der Waals surface area contributed by atoms with Gasteiger partial charge in [0, 0.05) is 24.4 Å². The van der Waals surface area contributed by atoms with Gasteiger partial charge in [0.15, 0.2) is 0 Å². The van der Waals surface area contributed by atoms with Crippen LogP contribution in [0.1, 0.15) is 49.4 Å². The van der Waals surface area contributed by atoms with Crippen LogP contribution in [0.5, 0.6) is 0 Å². The molecule has 0 aliphatic heterocycles. The maximum absolute atomic E-state index is 5.26. The lowest BCUT2D eigenvalue weighted by atomic mass is 9.99. The van der Waals surface area contributed by atoms with E-state index in [1.54, 1.807) is 7.11 Å². The highest BCUT2D eigenvalue weighted by molar-refractivity contribution is 5.52. The Morgan fingerprint density at radius 1 is 0.905 bits per heavy atom. The number of hydrogen-bond donors (Lipinski definition) is 1. The molecule has 1 N–H and O–H groups in total. The van der Waals surface area contributed by atoms with Crippen LogP contribution in [0.25, 0.3) is 0 Å². The molecule has 0 aliphatic rings.